The van der Waals surface area contributed by atoms with E-state index in [2.05, 4.69) is 6.92 Å². The van der Waals surface area contributed by atoms with Crippen LogP contribution < -0.4 is 0 Å². The Hall–Kier alpha value is -0.110. The van der Waals surface area contributed by atoms with E-state index in [4.69, 9.17) is 4.74 Å². The Morgan fingerprint density at radius 3 is 2.45 bits per heavy atom. The van der Waals surface area contributed by atoms with Crippen LogP contribution in [0.5, 0.6) is 0 Å². The molecular formula is C9H16FO. The Morgan fingerprint density at radius 2 is 1.91 bits per heavy atom. The third-order valence-electron chi connectivity index (χ3n) is 2.10. The predicted octanol–water partition coefficient (Wildman–Crippen LogP) is 2.51. The molecule has 0 aromatic rings. The second-order valence-corrected chi connectivity index (χ2v) is 3.10. The van der Waals surface area contributed by atoms with Gasteiger partial charge in [-0.25, -0.2) is 4.39 Å². The molecule has 0 unspecified atom stereocenters. The van der Waals surface area contributed by atoms with Gasteiger partial charge in [-0.05, 0) is 32.1 Å². The van der Waals surface area contributed by atoms with Crippen molar-refractivity contribution in [3.63, 3.8) is 0 Å². The van der Waals surface area contributed by atoms with Crippen molar-refractivity contribution in [1.82, 2.24) is 0 Å². The summed E-state index contributed by atoms with van der Waals surface area (Å²) >= 11 is 0. The fraction of sp³-hybridized carbons (Fsp3) is 0.889. The normalized spacial score (nSPS) is 32.2. The number of halogens is 1. The molecule has 0 spiro atoms. The summed E-state index contributed by atoms with van der Waals surface area (Å²) in [6, 6.07) is 0. The molecule has 0 aromatic heterocycles. The Balaban J connectivity index is 2.07. The third kappa shape index (κ3) is 3.19. The Kier molecular flexibility index (Phi) is 3.84. The second-order valence-electron chi connectivity index (χ2n) is 3.10. The number of hydrogen-bond donors (Lipinski definition) is 0. The van der Waals surface area contributed by atoms with Gasteiger partial charge in [0.15, 0.2) is 0 Å². The van der Waals surface area contributed by atoms with Gasteiger partial charge in [0.2, 0.25) is 0 Å². The van der Waals surface area contributed by atoms with Crippen molar-refractivity contribution in [3.05, 3.63) is 6.92 Å². The van der Waals surface area contributed by atoms with Gasteiger partial charge in [-0.15, -0.1) is 0 Å². The number of hydrogen-bond acceptors (Lipinski definition) is 1. The highest BCUT2D eigenvalue weighted by Crippen LogP contribution is 2.23. The average molecular weight is 159 g/mol. The highest BCUT2D eigenvalue weighted by Gasteiger charge is 2.20. The maximum absolute atomic E-state index is 12.6. The van der Waals surface area contributed by atoms with Crippen molar-refractivity contribution in [2.75, 3.05) is 6.61 Å². The zero-order chi connectivity index (χ0) is 8.10. The summed E-state index contributed by atoms with van der Waals surface area (Å²) in [4.78, 5) is 0. The van der Waals surface area contributed by atoms with Crippen LogP contribution in [0.4, 0.5) is 4.39 Å². The summed E-state index contributed by atoms with van der Waals surface area (Å²) in [5.41, 5.74) is 0. The monoisotopic (exact) mass is 159 g/mol. The molecule has 0 atom stereocenters. The number of rotatable bonds is 3. The summed E-state index contributed by atoms with van der Waals surface area (Å²) in [5, 5.41) is 0. The molecule has 1 saturated carbocycles. The second kappa shape index (κ2) is 4.70. The number of ether oxygens (including phenoxy) is 1. The van der Waals surface area contributed by atoms with E-state index < -0.39 is 6.17 Å². The van der Waals surface area contributed by atoms with Crippen LogP contribution >= 0.6 is 0 Å². The molecule has 2 heteroatoms. The fourth-order valence-corrected chi connectivity index (χ4v) is 1.44. The summed E-state index contributed by atoms with van der Waals surface area (Å²) in [7, 11) is 0. The van der Waals surface area contributed by atoms with Gasteiger partial charge in [0.25, 0.3) is 0 Å². The van der Waals surface area contributed by atoms with Crippen molar-refractivity contribution in [2.45, 2.75) is 44.4 Å². The van der Waals surface area contributed by atoms with E-state index in [-0.39, 0.29) is 0 Å². The van der Waals surface area contributed by atoms with E-state index in [1.807, 2.05) is 0 Å². The van der Waals surface area contributed by atoms with Crippen molar-refractivity contribution in [3.8, 4) is 0 Å². The molecule has 0 amide bonds. The Bertz CT molecular complexity index is 95.0. The fourth-order valence-electron chi connectivity index (χ4n) is 1.44. The third-order valence-corrected chi connectivity index (χ3v) is 2.10. The lowest BCUT2D eigenvalue weighted by Crippen LogP contribution is -2.22. The molecule has 0 bridgehead atoms. The molecule has 0 N–H and O–H groups in total. The Labute approximate surface area is 67.9 Å². The molecule has 65 valence electrons. The van der Waals surface area contributed by atoms with Crippen LogP contribution in [0.2, 0.25) is 0 Å². The van der Waals surface area contributed by atoms with Crippen molar-refractivity contribution < 1.29 is 9.13 Å². The summed E-state index contributed by atoms with van der Waals surface area (Å²) in [6.45, 7) is 4.41. The van der Waals surface area contributed by atoms with Gasteiger partial charge in [0.1, 0.15) is 6.17 Å². The first-order valence-electron chi connectivity index (χ1n) is 4.38. The molecule has 11 heavy (non-hydrogen) atoms. The lowest BCUT2D eigenvalue weighted by Gasteiger charge is -2.24. The molecule has 0 saturated heterocycles. The van der Waals surface area contributed by atoms with Gasteiger partial charge in [0.05, 0.1) is 6.10 Å². The largest absolute Gasteiger partial charge is 0.378 e. The summed E-state index contributed by atoms with van der Waals surface area (Å²) < 4.78 is 18.1. The lowest BCUT2D eigenvalue weighted by atomic mass is 9.96. The van der Waals surface area contributed by atoms with Crippen LogP contribution in [0.1, 0.15) is 32.1 Å². The zero-order valence-corrected chi connectivity index (χ0v) is 6.89. The first-order chi connectivity index (χ1) is 5.33. The van der Waals surface area contributed by atoms with Crippen LogP contribution in [-0.2, 0) is 4.74 Å². The Morgan fingerprint density at radius 1 is 1.27 bits per heavy atom. The summed E-state index contributed by atoms with van der Waals surface area (Å²) in [6.07, 6.45) is 3.69. The van der Waals surface area contributed by atoms with E-state index in [1.54, 1.807) is 0 Å². The first-order valence-corrected chi connectivity index (χ1v) is 4.38. The van der Waals surface area contributed by atoms with Gasteiger partial charge in [-0.1, -0.05) is 6.92 Å². The first kappa shape index (κ1) is 8.98. The molecule has 1 radical (unpaired) electrons. The molecule has 1 aliphatic carbocycles. The van der Waals surface area contributed by atoms with Gasteiger partial charge < -0.3 is 4.74 Å². The zero-order valence-electron chi connectivity index (χ0n) is 6.89. The highest BCUT2D eigenvalue weighted by molar-refractivity contribution is 4.71. The lowest BCUT2D eigenvalue weighted by molar-refractivity contribution is 0.0153. The van der Waals surface area contributed by atoms with Gasteiger partial charge in [0, 0.05) is 6.61 Å². The summed E-state index contributed by atoms with van der Waals surface area (Å²) in [5.74, 6) is 0. The van der Waals surface area contributed by atoms with Crippen molar-refractivity contribution in [2.24, 2.45) is 0 Å². The quantitative estimate of drug-likeness (QED) is 0.614. The van der Waals surface area contributed by atoms with Crippen molar-refractivity contribution in [1.29, 1.82) is 0 Å². The molecule has 0 aromatic carbocycles. The van der Waals surface area contributed by atoms with E-state index in [1.165, 1.54) is 0 Å². The molecule has 0 aliphatic heterocycles. The van der Waals surface area contributed by atoms with Crippen LogP contribution in [0.25, 0.3) is 0 Å². The van der Waals surface area contributed by atoms with Gasteiger partial charge in [-0.3, -0.25) is 0 Å². The topological polar surface area (TPSA) is 9.23 Å². The van der Waals surface area contributed by atoms with Crippen LogP contribution in [0.3, 0.4) is 0 Å². The number of alkyl halides is 1. The predicted molar refractivity (Wildman–Crippen MR) is 43.1 cm³/mol. The van der Waals surface area contributed by atoms with Crippen molar-refractivity contribution >= 4 is 0 Å². The maximum Gasteiger partial charge on any atom is 0.100 e. The average Bonchev–Trinajstić information content (AvgIpc) is 2.04. The SMILES string of the molecule is [CH2]CCOC1CCC(F)CC1. The minimum atomic E-state index is -0.574. The van der Waals surface area contributed by atoms with E-state index in [0.717, 1.165) is 25.9 Å². The minimum Gasteiger partial charge on any atom is -0.378 e. The molecule has 1 nitrogen and oxygen atoms in total. The molecule has 1 rings (SSSR count). The molecule has 1 aliphatic rings. The maximum atomic E-state index is 12.6. The van der Waals surface area contributed by atoms with Crippen LogP contribution in [-0.4, -0.2) is 18.9 Å². The molecule has 1 fully saturated rings. The van der Waals surface area contributed by atoms with E-state index in [9.17, 15) is 4.39 Å². The van der Waals surface area contributed by atoms with E-state index in [0.29, 0.717) is 18.9 Å². The van der Waals surface area contributed by atoms with Gasteiger partial charge in [-0.2, -0.15) is 0 Å². The van der Waals surface area contributed by atoms with Gasteiger partial charge >= 0.3 is 0 Å². The standard InChI is InChI=1S/C9H16FO/c1-2-7-11-9-5-3-8(10)4-6-9/h8-9H,1-7H2. The van der Waals surface area contributed by atoms with E-state index >= 15 is 0 Å². The molecular weight excluding hydrogens is 143 g/mol. The minimum absolute atomic E-state index is 0.309. The highest BCUT2D eigenvalue weighted by atomic mass is 19.1. The smallest absolute Gasteiger partial charge is 0.100 e. The van der Waals surface area contributed by atoms with Crippen LogP contribution in [0.15, 0.2) is 0 Å². The molecule has 0 heterocycles. The van der Waals surface area contributed by atoms with Crippen LogP contribution in [0, 0.1) is 6.92 Å².